The molecule has 0 bridgehead atoms. The summed E-state index contributed by atoms with van der Waals surface area (Å²) in [4.78, 5) is 4.35. The standard InChI is InChI=1S/C13H19N5/c1-4-18-13(12(14)10(3)17-18)16-8-11-9(2)6-5-7-15-11/h5-7,16H,4,8,14H2,1-3H3. The highest BCUT2D eigenvalue weighted by Crippen LogP contribution is 2.22. The zero-order valence-electron chi connectivity index (χ0n) is 11.1. The number of aromatic nitrogens is 3. The Kier molecular flexibility index (Phi) is 3.50. The summed E-state index contributed by atoms with van der Waals surface area (Å²) >= 11 is 0. The van der Waals surface area contributed by atoms with Crippen molar-refractivity contribution in [3.8, 4) is 0 Å². The third kappa shape index (κ3) is 2.30. The number of nitrogen functional groups attached to an aromatic ring is 1. The number of hydrogen-bond acceptors (Lipinski definition) is 4. The summed E-state index contributed by atoms with van der Waals surface area (Å²) in [6.45, 7) is 7.46. The maximum Gasteiger partial charge on any atom is 0.148 e. The van der Waals surface area contributed by atoms with Crippen molar-refractivity contribution in [3.05, 3.63) is 35.3 Å². The number of aryl methyl sites for hydroxylation is 3. The average Bonchev–Trinajstić information content (AvgIpc) is 2.65. The third-order valence-corrected chi connectivity index (χ3v) is 3.01. The minimum atomic E-state index is 0.655. The highest BCUT2D eigenvalue weighted by Gasteiger charge is 2.11. The van der Waals surface area contributed by atoms with E-state index in [4.69, 9.17) is 5.73 Å². The average molecular weight is 245 g/mol. The fraction of sp³-hybridized carbons (Fsp3) is 0.385. The van der Waals surface area contributed by atoms with Crippen LogP contribution in [0.1, 0.15) is 23.9 Å². The normalized spacial score (nSPS) is 10.6. The van der Waals surface area contributed by atoms with E-state index >= 15 is 0 Å². The topological polar surface area (TPSA) is 68.8 Å². The molecule has 96 valence electrons. The molecule has 0 aliphatic rings. The SMILES string of the molecule is CCn1nc(C)c(N)c1NCc1ncccc1C. The van der Waals surface area contributed by atoms with Crippen LogP contribution < -0.4 is 11.1 Å². The van der Waals surface area contributed by atoms with Crippen LogP contribution in [0, 0.1) is 13.8 Å². The van der Waals surface area contributed by atoms with Gasteiger partial charge in [0.2, 0.25) is 0 Å². The van der Waals surface area contributed by atoms with E-state index in [9.17, 15) is 0 Å². The van der Waals surface area contributed by atoms with Gasteiger partial charge in [-0.15, -0.1) is 0 Å². The number of rotatable bonds is 4. The van der Waals surface area contributed by atoms with Gasteiger partial charge in [-0.3, -0.25) is 4.98 Å². The van der Waals surface area contributed by atoms with Gasteiger partial charge in [0.1, 0.15) is 5.82 Å². The lowest BCUT2D eigenvalue weighted by Gasteiger charge is -2.10. The monoisotopic (exact) mass is 245 g/mol. The summed E-state index contributed by atoms with van der Waals surface area (Å²) in [5.74, 6) is 0.875. The van der Waals surface area contributed by atoms with Gasteiger partial charge < -0.3 is 11.1 Å². The molecule has 0 atom stereocenters. The van der Waals surface area contributed by atoms with Gasteiger partial charge in [-0.2, -0.15) is 5.10 Å². The number of hydrogen-bond donors (Lipinski definition) is 2. The summed E-state index contributed by atoms with van der Waals surface area (Å²) in [7, 11) is 0. The zero-order valence-corrected chi connectivity index (χ0v) is 11.1. The lowest BCUT2D eigenvalue weighted by atomic mass is 10.2. The molecule has 0 aliphatic carbocycles. The predicted octanol–water partition coefficient (Wildman–Crippen LogP) is 2.11. The van der Waals surface area contributed by atoms with E-state index in [1.807, 2.05) is 24.6 Å². The van der Waals surface area contributed by atoms with E-state index in [2.05, 4.69) is 28.4 Å². The van der Waals surface area contributed by atoms with Gasteiger partial charge >= 0.3 is 0 Å². The van der Waals surface area contributed by atoms with Crippen LogP contribution in [0.3, 0.4) is 0 Å². The van der Waals surface area contributed by atoms with Crippen LogP contribution in [0.5, 0.6) is 0 Å². The molecule has 2 aromatic rings. The van der Waals surface area contributed by atoms with Gasteiger partial charge in [0.05, 0.1) is 23.6 Å². The number of nitrogens with zero attached hydrogens (tertiary/aromatic N) is 3. The molecule has 0 unspecified atom stereocenters. The summed E-state index contributed by atoms with van der Waals surface area (Å²) in [5, 5.41) is 7.70. The van der Waals surface area contributed by atoms with Crippen LogP contribution in [0.25, 0.3) is 0 Å². The van der Waals surface area contributed by atoms with Crippen LogP contribution in [0.2, 0.25) is 0 Å². The van der Waals surface area contributed by atoms with Crippen molar-refractivity contribution >= 4 is 11.5 Å². The molecular formula is C13H19N5. The number of pyridine rings is 1. The molecule has 2 heterocycles. The fourth-order valence-electron chi connectivity index (χ4n) is 1.88. The Labute approximate surface area is 107 Å². The van der Waals surface area contributed by atoms with E-state index in [1.54, 1.807) is 6.20 Å². The Bertz CT molecular complexity index is 544. The molecule has 0 saturated carbocycles. The van der Waals surface area contributed by atoms with Gasteiger partial charge in [-0.05, 0) is 32.4 Å². The van der Waals surface area contributed by atoms with Gasteiger partial charge in [0, 0.05) is 12.7 Å². The predicted molar refractivity (Wildman–Crippen MR) is 73.4 cm³/mol. The van der Waals surface area contributed by atoms with Gasteiger partial charge in [0.15, 0.2) is 0 Å². The molecule has 0 saturated heterocycles. The molecule has 0 spiro atoms. The summed E-state index contributed by atoms with van der Waals surface area (Å²) in [6, 6.07) is 3.99. The van der Waals surface area contributed by atoms with Crippen LogP contribution in [-0.4, -0.2) is 14.8 Å². The first-order valence-corrected chi connectivity index (χ1v) is 6.10. The van der Waals surface area contributed by atoms with E-state index in [1.165, 1.54) is 5.56 Å². The van der Waals surface area contributed by atoms with E-state index in [0.717, 1.165) is 23.8 Å². The van der Waals surface area contributed by atoms with Crippen LogP contribution >= 0.6 is 0 Å². The molecule has 5 heteroatoms. The molecular weight excluding hydrogens is 226 g/mol. The third-order valence-electron chi connectivity index (χ3n) is 3.01. The van der Waals surface area contributed by atoms with Gasteiger partial charge in [-0.25, -0.2) is 4.68 Å². The number of nitrogens with two attached hydrogens (primary N) is 1. The number of nitrogens with one attached hydrogen (secondary N) is 1. The first-order chi connectivity index (χ1) is 8.63. The van der Waals surface area contributed by atoms with Crippen LogP contribution in [-0.2, 0) is 13.1 Å². The summed E-state index contributed by atoms with van der Waals surface area (Å²) in [6.07, 6.45) is 1.80. The molecule has 0 radical (unpaired) electrons. The Hall–Kier alpha value is -2.04. The highest BCUT2D eigenvalue weighted by molar-refractivity contribution is 5.64. The quantitative estimate of drug-likeness (QED) is 0.865. The van der Waals surface area contributed by atoms with Crippen LogP contribution in [0.4, 0.5) is 11.5 Å². The molecule has 5 nitrogen and oxygen atoms in total. The maximum atomic E-state index is 6.01. The Morgan fingerprint density at radius 1 is 1.39 bits per heavy atom. The second kappa shape index (κ2) is 5.08. The molecule has 0 aromatic carbocycles. The molecule has 3 N–H and O–H groups in total. The van der Waals surface area contributed by atoms with E-state index < -0.39 is 0 Å². The summed E-state index contributed by atoms with van der Waals surface area (Å²) < 4.78 is 1.88. The molecule has 2 aromatic heterocycles. The van der Waals surface area contributed by atoms with Crippen molar-refractivity contribution in [1.82, 2.24) is 14.8 Å². The molecule has 2 rings (SSSR count). The molecule has 0 aliphatic heterocycles. The van der Waals surface area contributed by atoms with Crippen LogP contribution in [0.15, 0.2) is 18.3 Å². The van der Waals surface area contributed by atoms with E-state index in [-0.39, 0.29) is 0 Å². The maximum absolute atomic E-state index is 6.01. The molecule has 18 heavy (non-hydrogen) atoms. The first kappa shape index (κ1) is 12.4. The Morgan fingerprint density at radius 2 is 2.17 bits per heavy atom. The smallest absolute Gasteiger partial charge is 0.148 e. The van der Waals surface area contributed by atoms with Gasteiger partial charge in [-0.1, -0.05) is 6.07 Å². The lowest BCUT2D eigenvalue weighted by molar-refractivity contribution is 0.657. The van der Waals surface area contributed by atoms with Crippen molar-refractivity contribution in [2.75, 3.05) is 11.1 Å². The van der Waals surface area contributed by atoms with Crippen molar-refractivity contribution in [1.29, 1.82) is 0 Å². The Morgan fingerprint density at radius 3 is 2.83 bits per heavy atom. The summed E-state index contributed by atoms with van der Waals surface area (Å²) in [5.41, 5.74) is 9.78. The lowest BCUT2D eigenvalue weighted by Crippen LogP contribution is -2.10. The van der Waals surface area contributed by atoms with Crippen molar-refractivity contribution in [3.63, 3.8) is 0 Å². The highest BCUT2D eigenvalue weighted by atomic mass is 15.3. The zero-order chi connectivity index (χ0) is 13.1. The second-order valence-corrected chi connectivity index (χ2v) is 4.28. The largest absolute Gasteiger partial charge is 0.394 e. The minimum Gasteiger partial charge on any atom is -0.394 e. The first-order valence-electron chi connectivity index (χ1n) is 6.10. The molecule has 0 fully saturated rings. The minimum absolute atomic E-state index is 0.655. The van der Waals surface area contributed by atoms with Crippen molar-refractivity contribution in [2.24, 2.45) is 0 Å². The Balaban J connectivity index is 2.18. The van der Waals surface area contributed by atoms with Crippen molar-refractivity contribution < 1.29 is 0 Å². The van der Waals surface area contributed by atoms with Crippen molar-refractivity contribution in [2.45, 2.75) is 33.9 Å². The number of anilines is 2. The molecule has 0 amide bonds. The fourth-order valence-corrected chi connectivity index (χ4v) is 1.88. The van der Waals surface area contributed by atoms with E-state index in [0.29, 0.717) is 12.2 Å². The van der Waals surface area contributed by atoms with Gasteiger partial charge in [0.25, 0.3) is 0 Å². The second-order valence-electron chi connectivity index (χ2n) is 4.28.